The van der Waals surface area contributed by atoms with Gasteiger partial charge < -0.3 is 10.4 Å². The summed E-state index contributed by atoms with van der Waals surface area (Å²) in [6.45, 7) is 6.05. The fourth-order valence-electron chi connectivity index (χ4n) is 2.77. The predicted molar refractivity (Wildman–Crippen MR) is 98.7 cm³/mol. The highest BCUT2D eigenvalue weighted by Gasteiger charge is 2.17. The van der Waals surface area contributed by atoms with Crippen molar-refractivity contribution in [3.8, 4) is 0 Å². The molecule has 4 nitrogen and oxygen atoms in total. The van der Waals surface area contributed by atoms with Gasteiger partial charge in [-0.25, -0.2) is 0 Å². The van der Waals surface area contributed by atoms with E-state index in [0.717, 1.165) is 22.3 Å². The van der Waals surface area contributed by atoms with Crippen LogP contribution >= 0.6 is 0 Å². The van der Waals surface area contributed by atoms with Crippen molar-refractivity contribution in [3.05, 3.63) is 70.3 Å². The Morgan fingerprint density at radius 2 is 1.60 bits per heavy atom. The van der Waals surface area contributed by atoms with Crippen molar-refractivity contribution in [3.63, 3.8) is 0 Å². The molecular formula is C21H25NO3. The largest absolute Gasteiger partial charge is 0.481 e. The van der Waals surface area contributed by atoms with Crippen LogP contribution in [0.1, 0.15) is 34.2 Å². The van der Waals surface area contributed by atoms with Crippen molar-refractivity contribution in [1.29, 1.82) is 0 Å². The molecule has 2 N–H and O–H groups in total. The third-order valence-corrected chi connectivity index (χ3v) is 4.32. The van der Waals surface area contributed by atoms with E-state index in [9.17, 15) is 9.59 Å². The summed E-state index contributed by atoms with van der Waals surface area (Å²) in [7, 11) is 0. The summed E-state index contributed by atoms with van der Waals surface area (Å²) in [4.78, 5) is 23.5. The van der Waals surface area contributed by atoms with Crippen molar-refractivity contribution in [2.75, 3.05) is 0 Å². The Kier molecular flexibility index (Phi) is 6.34. The van der Waals surface area contributed by atoms with Crippen LogP contribution in [-0.4, -0.2) is 23.0 Å². The van der Waals surface area contributed by atoms with Crippen LogP contribution in [0.4, 0.5) is 0 Å². The van der Waals surface area contributed by atoms with Crippen LogP contribution in [-0.2, 0) is 22.4 Å². The number of rotatable bonds is 7. The summed E-state index contributed by atoms with van der Waals surface area (Å²) in [5.41, 5.74) is 5.44. The van der Waals surface area contributed by atoms with Gasteiger partial charge >= 0.3 is 5.97 Å². The first-order chi connectivity index (χ1) is 11.8. The topological polar surface area (TPSA) is 66.4 Å². The SMILES string of the molecule is Cc1ccc(C[C@@H](CC(=O)O)NC(=O)Cc2ccc(C)c(C)c2)cc1. The number of carboxylic acid groups (broad SMARTS) is 1. The molecule has 1 amide bonds. The van der Waals surface area contributed by atoms with E-state index < -0.39 is 12.0 Å². The zero-order valence-electron chi connectivity index (χ0n) is 15.0. The number of benzene rings is 2. The molecular weight excluding hydrogens is 314 g/mol. The first-order valence-electron chi connectivity index (χ1n) is 8.46. The number of hydrogen-bond acceptors (Lipinski definition) is 2. The number of carboxylic acids is 1. The quantitative estimate of drug-likeness (QED) is 0.813. The van der Waals surface area contributed by atoms with E-state index >= 15 is 0 Å². The van der Waals surface area contributed by atoms with Gasteiger partial charge in [-0.1, -0.05) is 48.0 Å². The summed E-state index contributed by atoms with van der Waals surface area (Å²) < 4.78 is 0. The van der Waals surface area contributed by atoms with Crippen LogP contribution < -0.4 is 5.32 Å². The maximum Gasteiger partial charge on any atom is 0.305 e. The molecule has 2 rings (SSSR count). The fourth-order valence-corrected chi connectivity index (χ4v) is 2.77. The minimum Gasteiger partial charge on any atom is -0.481 e. The molecule has 0 spiro atoms. The highest BCUT2D eigenvalue weighted by molar-refractivity contribution is 5.79. The van der Waals surface area contributed by atoms with E-state index in [1.165, 1.54) is 5.56 Å². The Morgan fingerprint density at radius 3 is 2.20 bits per heavy atom. The number of hydrogen-bond donors (Lipinski definition) is 2. The van der Waals surface area contributed by atoms with Gasteiger partial charge in [0.1, 0.15) is 0 Å². The monoisotopic (exact) mass is 339 g/mol. The summed E-state index contributed by atoms with van der Waals surface area (Å²) in [5.74, 6) is -1.06. The number of carbonyl (C=O) groups excluding carboxylic acids is 1. The summed E-state index contributed by atoms with van der Waals surface area (Å²) in [6.07, 6.45) is 0.670. The van der Waals surface area contributed by atoms with Crippen LogP contribution in [0.5, 0.6) is 0 Å². The number of amides is 1. The Morgan fingerprint density at radius 1 is 0.960 bits per heavy atom. The molecule has 132 valence electrons. The van der Waals surface area contributed by atoms with Gasteiger partial charge in [0.05, 0.1) is 12.8 Å². The molecule has 0 unspecified atom stereocenters. The Bertz CT molecular complexity index is 750. The van der Waals surface area contributed by atoms with Crippen LogP contribution in [0.25, 0.3) is 0 Å². The molecule has 4 heteroatoms. The fraction of sp³-hybridized carbons (Fsp3) is 0.333. The number of aliphatic carboxylic acids is 1. The lowest BCUT2D eigenvalue weighted by Gasteiger charge is -2.17. The maximum atomic E-state index is 12.3. The van der Waals surface area contributed by atoms with Gasteiger partial charge in [-0.2, -0.15) is 0 Å². The van der Waals surface area contributed by atoms with Gasteiger partial charge in [0.25, 0.3) is 0 Å². The molecule has 0 radical (unpaired) electrons. The van der Waals surface area contributed by atoms with Gasteiger partial charge in [-0.3, -0.25) is 9.59 Å². The third-order valence-electron chi connectivity index (χ3n) is 4.32. The Labute approximate surface area is 148 Å². The zero-order chi connectivity index (χ0) is 18.4. The van der Waals surface area contributed by atoms with Crippen molar-refractivity contribution in [2.45, 2.75) is 46.1 Å². The molecule has 0 saturated heterocycles. The third kappa shape index (κ3) is 6.07. The molecule has 0 heterocycles. The lowest BCUT2D eigenvalue weighted by molar-refractivity contribution is -0.137. The number of nitrogens with one attached hydrogen (secondary N) is 1. The molecule has 0 saturated carbocycles. The second kappa shape index (κ2) is 8.47. The average Bonchev–Trinajstić information content (AvgIpc) is 2.52. The molecule has 0 aliphatic carbocycles. The predicted octanol–water partition coefficient (Wildman–Crippen LogP) is 3.36. The normalized spacial score (nSPS) is 11.8. The minimum absolute atomic E-state index is 0.0907. The van der Waals surface area contributed by atoms with Gasteiger partial charge in [-0.05, 0) is 49.4 Å². The lowest BCUT2D eigenvalue weighted by Crippen LogP contribution is -2.39. The number of aryl methyl sites for hydroxylation is 3. The molecule has 0 aromatic heterocycles. The summed E-state index contributed by atoms with van der Waals surface area (Å²) in [5, 5.41) is 12.0. The highest BCUT2D eigenvalue weighted by atomic mass is 16.4. The summed E-state index contributed by atoms with van der Waals surface area (Å²) in [6, 6.07) is 13.4. The van der Waals surface area contributed by atoms with E-state index in [0.29, 0.717) is 6.42 Å². The second-order valence-corrected chi connectivity index (χ2v) is 6.65. The molecule has 0 fully saturated rings. The van der Waals surface area contributed by atoms with E-state index in [2.05, 4.69) is 5.32 Å². The highest BCUT2D eigenvalue weighted by Crippen LogP contribution is 2.12. The standard InChI is InChI=1S/C21H25NO3/c1-14-4-7-17(8-5-14)11-19(13-21(24)25)22-20(23)12-18-9-6-15(2)16(3)10-18/h4-10,19H,11-13H2,1-3H3,(H,22,23)(H,24,25)/t19-/m0/s1. The Hall–Kier alpha value is -2.62. The maximum absolute atomic E-state index is 12.3. The van der Waals surface area contributed by atoms with E-state index in [1.54, 1.807) is 0 Å². The first-order valence-corrected chi connectivity index (χ1v) is 8.46. The van der Waals surface area contributed by atoms with E-state index in [4.69, 9.17) is 5.11 Å². The van der Waals surface area contributed by atoms with Crippen molar-refractivity contribution < 1.29 is 14.7 Å². The average molecular weight is 339 g/mol. The van der Waals surface area contributed by atoms with Crippen LogP contribution in [0, 0.1) is 20.8 Å². The summed E-state index contributed by atoms with van der Waals surface area (Å²) >= 11 is 0. The zero-order valence-corrected chi connectivity index (χ0v) is 15.0. The van der Waals surface area contributed by atoms with Crippen LogP contribution in [0.3, 0.4) is 0 Å². The van der Waals surface area contributed by atoms with Crippen LogP contribution in [0.2, 0.25) is 0 Å². The van der Waals surface area contributed by atoms with Crippen LogP contribution in [0.15, 0.2) is 42.5 Å². The minimum atomic E-state index is -0.913. The smallest absolute Gasteiger partial charge is 0.305 e. The van der Waals surface area contributed by atoms with Gasteiger partial charge in [0.2, 0.25) is 5.91 Å². The number of carbonyl (C=O) groups is 2. The van der Waals surface area contributed by atoms with Crippen molar-refractivity contribution in [2.24, 2.45) is 0 Å². The molecule has 0 aliphatic rings. The Balaban J connectivity index is 2.02. The van der Waals surface area contributed by atoms with Crippen molar-refractivity contribution in [1.82, 2.24) is 5.32 Å². The lowest BCUT2D eigenvalue weighted by atomic mass is 10.0. The molecule has 0 aliphatic heterocycles. The molecule has 2 aromatic carbocycles. The molecule has 0 bridgehead atoms. The van der Waals surface area contributed by atoms with Gasteiger partial charge in [-0.15, -0.1) is 0 Å². The second-order valence-electron chi connectivity index (χ2n) is 6.65. The van der Waals surface area contributed by atoms with Crippen molar-refractivity contribution >= 4 is 11.9 Å². The van der Waals surface area contributed by atoms with E-state index in [-0.39, 0.29) is 18.7 Å². The molecule has 2 aromatic rings. The molecule has 25 heavy (non-hydrogen) atoms. The first kappa shape index (κ1) is 18.7. The van der Waals surface area contributed by atoms with E-state index in [1.807, 2.05) is 63.2 Å². The van der Waals surface area contributed by atoms with Gasteiger partial charge in [0.15, 0.2) is 0 Å². The molecule has 1 atom stereocenters. The van der Waals surface area contributed by atoms with Gasteiger partial charge in [0, 0.05) is 6.04 Å².